The molecule has 35 heavy (non-hydrogen) atoms. The summed E-state index contributed by atoms with van der Waals surface area (Å²) in [7, 11) is 0. The summed E-state index contributed by atoms with van der Waals surface area (Å²) >= 11 is 0. The van der Waals surface area contributed by atoms with Gasteiger partial charge < -0.3 is 32.0 Å². The number of pyridine rings is 1. The molecule has 0 saturated heterocycles. The molecule has 1 unspecified atom stereocenters. The summed E-state index contributed by atoms with van der Waals surface area (Å²) in [6, 6.07) is 9.90. The second kappa shape index (κ2) is 8.83. The van der Waals surface area contributed by atoms with E-state index in [0.717, 1.165) is 16.7 Å². The van der Waals surface area contributed by atoms with Gasteiger partial charge in [0.1, 0.15) is 35.3 Å². The first-order valence-corrected chi connectivity index (χ1v) is 11.2. The number of rotatable bonds is 5. The van der Waals surface area contributed by atoms with Gasteiger partial charge in [0.05, 0.1) is 17.5 Å². The lowest BCUT2D eigenvalue weighted by Gasteiger charge is -2.36. The third-order valence-electron chi connectivity index (χ3n) is 6.32. The summed E-state index contributed by atoms with van der Waals surface area (Å²) in [4.78, 5) is 29.4. The van der Waals surface area contributed by atoms with E-state index in [-0.39, 0.29) is 36.0 Å². The van der Waals surface area contributed by atoms with Gasteiger partial charge >= 0.3 is 0 Å². The van der Waals surface area contributed by atoms with Crippen LogP contribution in [-0.4, -0.2) is 28.9 Å². The number of fused-ring (bicyclic) bond motifs is 1. The van der Waals surface area contributed by atoms with Crippen molar-refractivity contribution >= 4 is 34.7 Å². The first-order chi connectivity index (χ1) is 16.5. The molecule has 7 N–H and O–H groups in total. The summed E-state index contributed by atoms with van der Waals surface area (Å²) in [5.41, 5.74) is 21.2. The van der Waals surface area contributed by atoms with Crippen LogP contribution in [0.25, 0.3) is 0 Å². The lowest BCUT2D eigenvalue weighted by atomic mass is 9.86. The topological polar surface area (TPSA) is 156 Å². The zero-order chi connectivity index (χ0) is 25.5. The maximum atomic E-state index is 13.0. The number of nitrogens with zero attached hydrogens (tertiary/aromatic N) is 1. The Balaban J connectivity index is 1.44. The van der Waals surface area contributed by atoms with Crippen molar-refractivity contribution < 1.29 is 19.1 Å². The summed E-state index contributed by atoms with van der Waals surface area (Å²) in [6.07, 6.45) is 0.175. The van der Waals surface area contributed by atoms with E-state index >= 15 is 0 Å². The van der Waals surface area contributed by atoms with E-state index in [4.69, 9.17) is 26.7 Å². The Labute approximate surface area is 203 Å². The molecule has 4 rings (SSSR count). The summed E-state index contributed by atoms with van der Waals surface area (Å²) in [5.74, 6) is 1.03. The van der Waals surface area contributed by atoms with Gasteiger partial charge in [0, 0.05) is 11.4 Å². The van der Waals surface area contributed by atoms with Crippen LogP contribution in [0, 0.1) is 20.8 Å². The van der Waals surface area contributed by atoms with Crippen molar-refractivity contribution in [2.75, 3.05) is 29.1 Å². The normalized spacial score (nSPS) is 16.9. The van der Waals surface area contributed by atoms with Gasteiger partial charge in [-0.25, -0.2) is 4.98 Å². The van der Waals surface area contributed by atoms with Gasteiger partial charge in [0.2, 0.25) is 0 Å². The minimum atomic E-state index is -0.837. The second-order valence-electron chi connectivity index (χ2n) is 9.08. The molecule has 2 heterocycles. The number of nitrogen functional groups attached to an aromatic ring is 3. The van der Waals surface area contributed by atoms with E-state index in [2.05, 4.69) is 10.3 Å². The van der Waals surface area contributed by atoms with Gasteiger partial charge in [-0.2, -0.15) is 0 Å². The molecule has 3 aromatic rings. The molecule has 0 fully saturated rings. The van der Waals surface area contributed by atoms with Crippen molar-refractivity contribution in [1.29, 1.82) is 0 Å². The molecule has 0 saturated carbocycles. The number of amides is 1. The first-order valence-electron chi connectivity index (χ1n) is 11.2. The largest absolute Gasteiger partial charge is 0.489 e. The molecule has 9 nitrogen and oxygen atoms in total. The molecule has 2 aromatic carbocycles. The van der Waals surface area contributed by atoms with Crippen molar-refractivity contribution in [3.63, 3.8) is 0 Å². The number of aromatic nitrogens is 1. The van der Waals surface area contributed by atoms with Crippen LogP contribution in [0.2, 0.25) is 0 Å². The van der Waals surface area contributed by atoms with Gasteiger partial charge in [-0.1, -0.05) is 0 Å². The maximum Gasteiger partial charge on any atom is 0.259 e. The van der Waals surface area contributed by atoms with E-state index in [1.807, 2.05) is 27.7 Å². The van der Waals surface area contributed by atoms with Crippen molar-refractivity contribution in [2.24, 2.45) is 0 Å². The quantitative estimate of drug-likeness (QED) is 0.406. The Kier molecular flexibility index (Phi) is 6.02. The lowest BCUT2D eigenvalue weighted by Crippen LogP contribution is -2.45. The zero-order valence-electron chi connectivity index (χ0n) is 20.2. The Bertz CT molecular complexity index is 1340. The lowest BCUT2D eigenvalue weighted by molar-refractivity contribution is 0.0183. The summed E-state index contributed by atoms with van der Waals surface area (Å²) in [5, 5.41) is 2.76. The summed E-state index contributed by atoms with van der Waals surface area (Å²) in [6.45, 7) is 7.70. The average Bonchev–Trinajstić information content (AvgIpc) is 2.80. The molecule has 0 bridgehead atoms. The van der Waals surface area contributed by atoms with Crippen LogP contribution >= 0.6 is 0 Å². The molecule has 1 aliphatic heterocycles. The van der Waals surface area contributed by atoms with Gasteiger partial charge in [-0.3, -0.25) is 9.59 Å². The Hall–Kier alpha value is -4.27. The van der Waals surface area contributed by atoms with Crippen LogP contribution < -0.4 is 32.0 Å². The molecule has 0 aliphatic carbocycles. The van der Waals surface area contributed by atoms with Crippen LogP contribution in [0.15, 0.2) is 36.4 Å². The van der Waals surface area contributed by atoms with Crippen LogP contribution in [0.3, 0.4) is 0 Å². The monoisotopic (exact) mass is 475 g/mol. The number of hydrogen-bond acceptors (Lipinski definition) is 8. The SMILES string of the molecule is Cc1c(C)c2c(c(C)c1N)C(=O)CC(C)(COc1ccc(NC(=O)c3ccc(N)nc3N)cc1)O2. The number of carbonyl (C=O) groups is 2. The minimum absolute atomic E-state index is 0.0147. The highest BCUT2D eigenvalue weighted by Gasteiger charge is 2.40. The predicted molar refractivity (Wildman–Crippen MR) is 136 cm³/mol. The molecule has 1 atom stereocenters. The van der Waals surface area contributed by atoms with E-state index < -0.39 is 11.5 Å². The highest BCUT2D eigenvalue weighted by molar-refractivity contribution is 6.07. The van der Waals surface area contributed by atoms with E-state index in [1.165, 1.54) is 12.1 Å². The number of nitrogens with one attached hydrogen (secondary N) is 1. The molecule has 0 spiro atoms. The van der Waals surface area contributed by atoms with Crippen LogP contribution in [0.1, 0.15) is 50.8 Å². The number of ether oxygens (including phenoxy) is 2. The van der Waals surface area contributed by atoms with Crippen molar-refractivity contribution in [1.82, 2.24) is 4.98 Å². The number of Topliss-reactive ketones (excluding diaryl/α,β-unsaturated/α-hetero) is 1. The molecule has 182 valence electrons. The number of carbonyl (C=O) groups excluding carboxylic acids is 2. The zero-order valence-corrected chi connectivity index (χ0v) is 20.2. The number of nitrogens with two attached hydrogens (primary N) is 3. The first kappa shape index (κ1) is 23.9. The molecular formula is C26H29N5O4. The highest BCUT2D eigenvalue weighted by atomic mass is 16.5. The third-order valence-corrected chi connectivity index (χ3v) is 6.32. The molecular weight excluding hydrogens is 446 g/mol. The van der Waals surface area contributed by atoms with Crippen molar-refractivity contribution in [2.45, 2.75) is 39.7 Å². The molecule has 9 heteroatoms. The smallest absolute Gasteiger partial charge is 0.259 e. The van der Waals surface area contributed by atoms with Crippen LogP contribution in [-0.2, 0) is 0 Å². The van der Waals surface area contributed by atoms with E-state index in [0.29, 0.717) is 28.4 Å². The Morgan fingerprint density at radius 1 is 1.06 bits per heavy atom. The van der Waals surface area contributed by atoms with Crippen LogP contribution in [0.5, 0.6) is 11.5 Å². The number of benzene rings is 2. The van der Waals surface area contributed by atoms with Crippen molar-refractivity contribution in [3.8, 4) is 11.5 Å². The van der Waals surface area contributed by atoms with E-state index in [9.17, 15) is 9.59 Å². The number of anilines is 4. The number of hydrogen-bond donors (Lipinski definition) is 4. The second-order valence-corrected chi connectivity index (χ2v) is 9.08. The highest BCUT2D eigenvalue weighted by Crippen LogP contribution is 2.42. The fourth-order valence-corrected chi connectivity index (χ4v) is 4.15. The molecule has 1 aliphatic rings. The molecule has 0 radical (unpaired) electrons. The van der Waals surface area contributed by atoms with Gasteiger partial charge in [-0.05, 0) is 80.8 Å². The minimum Gasteiger partial charge on any atom is -0.489 e. The van der Waals surface area contributed by atoms with Crippen molar-refractivity contribution in [3.05, 3.63) is 64.2 Å². The Morgan fingerprint density at radius 3 is 2.40 bits per heavy atom. The van der Waals surface area contributed by atoms with E-state index in [1.54, 1.807) is 24.3 Å². The third kappa shape index (κ3) is 4.57. The van der Waals surface area contributed by atoms with Gasteiger partial charge in [-0.15, -0.1) is 0 Å². The molecule has 1 aromatic heterocycles. The Morgan fingerprint density at radius 2 is 1.74 bits per heavy atom. The predicted octanol–water partition coefficient (Wildman–Crippen LogP) is 3.81. The van der Waals surface area contributed by atoms with Gasteiger partial charge in [0.15, 0.2) is 5.78 Å². The average molecular weight is 476 g/mol. The standard InChI is InChI=1S/C26H29N5O4/c1-13-14(2)23-21(15(3)22(13)28)19(32)11-26(4,35-23)12-34-17-7-5-16(6-8-17)30-25(33)18-9-10-20(27)31-24(18)29/h5-10H,11-12,28H2,1-4H3,(H,30,33)(H4,27,29,31). The fourth-order valence-electron chi connectivity index (χ4n) is 4.15. The summed E-state index contributed by atoms with van der Waals surface area (Å²) < 4.78 is 12.3. The number of ketones is 1. The maximum absolute atomic E-state index is 13.0. The fraction of sp³-hybridized carbons (Fsp3) is 0.269. The van der Waals surface area contributed by atoms with Crippen LogP contribution in [0.4, 0.5) is 23.0 Å². The van der Waals surface area contributed by atoms with Gasteiger partial charge in [0.25, 0.3) is 5.91 Å². The molecule has 1 amide bonds.